The highest BCUT2D eigenvalue weighted by atomic mass is 32.5. The number of nitrogens with one attached hydrogen (secondary N) is 2. The molecule has 0 radical (unpaired) electrons. The molecule has 1 fully saturated rings. The minimum atomic E-state index is -3.90. The first-order chi connectivity index (χ1) is 19.7. The van der Waals surface area contributed by atoms with Gasteiger partial charge in [-0.25, -0.2) is 18.7 Å². The number of aromatic nitrogens is 2. The molecule has 1 aliphatic rings. The van der Waals surface area contributed by atoms with Crippen molar-refractivity contribution in [3.63, 3.8) is 0 Å². The van der Waals surface area contributed by atoms with Gasteiger partial charge in [0.25, 0.3) is 12.0 Å². The first-order valence-corrected chi connectivity index (χ1v) is 15.4. The lowest BCUT2D eigenvalue weighted by Gasteiger charge is -2.34. The van der Waals surface area contributed by atoms with E-state index in [-0.39, 0.29) is 5.75 Å². The molecule has 42 heavy (non-hydrogen) atoms. The third kappa shape index (κ3) is 6.78. The van der Waals surface area contributed by atoms with Crippen LogP contribution >= 0.6 is 6.64 Å². The maximum Gasteiger partial charge on any atom is 0.330 e. The van der Waals surface area contributed by atoms with Crippen molar-refractivity contribution in [3.05, 3.63) is 75.6 Å². The molecule has 0 spiro atoms. The van der Waals surface area contributed by atoms with E-state index in [9.17, 15) is 33.4 Å². The molecule has 4 rings (SSSR count). The number of alkyl halides is 2. The fourth-order valence-corrected chi connectivity index (χ4v) is 6.70. The molecular weight excluding hydrogens is 599 g/mol. The van der Waals surface area contributed by atoms with Crippen molar-refractivity contribution in [1.29, 1.82) is 0 Å². The Hall–Kier alpha value is -3.04. The first kappa shape index (κ1) is 31.9. The van der Waals surface area contributed by atoms with E-state index in [0.717, 1.165) is 23.0 Å². The highest BCUT2D eigenvalue weighted by Crippen LogP contribution is 2.49. The molecule has 0 aliphatic carbocycles. The Balaban J connectivity index is 1.65. The average Bonchev–Trinajstić information content (AvgIpc) is 3.17. The van der Waals surface area contributed by atoms with Crippen molar-refractivity contribution in [2.24, 2.45) is 0 Å². The topological polar surface area (TPSA) is 161 Å². The fraction of sp³-hybridized carbons (Fsp3) is 0.423. The second kappa shape index (κ2) is 12.7. The number of halogens is 2. The van der Waals surface area contributed by atoms with Crippen LogP contribution in [0.25, 0.3) is 10.8 Å². The summed E-state index contributed by atoms with van der Waals surface area (Å²) in [5.41, 5.74) is -4.72. The van der Waals surface area contributed by atoms with E-state index < -0.39 is 73.1 Å². The van der Waals surface area contributed by atoms with Gasteiger partial charge in [-0.3, -0.25) is 19.1 Å². The Morgan fingerprint density at radius 3 is 2.50 bits per heavy atom. The van der Waals surface area contributed by atoms with Gasteiger partial charge in [-0.15, -0.1) is 0 Å². The summed E-state index contributed by atoms with van der Waals surface area (Å²) < 4.78 is 52.2. The Bertz CT molecular complexity index is 1600. The molecule has 16 heteroatoms. The van der Waals surface area contributed by atoms with Crippen molar-refractivity contribution in [2.75, 3.05) is 6.61 Å². The Kier molecular flexibility index (Phi) is 9.62. The quantitative estimate of drug-likeness (QED) is 0.182. The molecule has 3 aromatic rings. The van der Waals surface area contributed by atoms with Gasteiger partial charge >= 0.3 is 18.3 Å². The van der Waals surface area contributed by atoms with Crippen LogP contribution in [0.15, 0.2) is 64.3 Å². The van der Waals surface area contributed by atoms with Gasteiger partial charge in [0, 0.05) is 12.3 Å². The highest BCUT2D eigenvalue weighted by Gasteiger charge is 2.61. The summed E-state index contributed by atoms with van der Waals surface area (Å²) in [5.74, 6) is -0.510. The molecule has 0 bridgehead atoms. The third-order valence-electron chi connectivity index (χ3n) is 6.41. The van der Waals surface area contributed by atoms with E-state index in [0.29, 0.717) is 4.57 Å². The van der Waals surface area contributed by atoms with Crippen LogP contribution < -0.4 is 20.9 Å². The van der Waals surface area contributed by atoms with Gasteiger partial charge < -0.3 is 28.7 Å². The van der Waals surface area contributed by atoms with Crippen molar-refractivity contribution in [3.8, 4) is 5.75 Å². The predicted octanol–water partition coefficient (Wildman–Crippen LogP) is 2.19. The standard InChI is InChI=1S/C26H30F2N3O9PS/c1-14(2)38-23(35)15(3)30-41(42,40-18-9-8-16-6-4-5-7-17(16)12-18)37-13-26(24(27)28)21(34)20(33)22(39-26)31-11-10-19(32)29-25(31)36/h4-12,14-15,20-22,24,33-34H,13H2,1-3H3,(H,30,42)(H,29,32,36)/t15-,20+,21+,22+,26+,41?/m0/s1. The molecule has 1 unspecified atom stereocenters. The number of hydrogen-bond acceptors (Lipinski definition) is 10. The molecule has 1 aliphatic heterocycles. The lowest BCUT2D eigenvalue weighted by molar-refractivity contribution is -0.192. The number of fused-ring (bicyclic) bond motifs is 1. The number of carbonyl (C=O) groups is 1. The van der Waals surface area contributed by atoms with E-state index in [1.165, 1.54) is 6.92 Å². The number of nitrogens with zero attached hydrogens (tertiary/aromatic N) is 1. The van der Waals surface area contributed by atoms with Crippen LogP contribution in [0.2, 0.25) is 0 Å². The van der Waals surface area contributed by atoms with Gasteiger partial charge in [0.1, 0.15) is 24.0 Å². The highest BCUT2D eigenvalue weighted by molar-refractivity contribution is 8.09. The molecule has 0 amide bonds. The summed E-state index contributed by atoms with van der Waals surface area (Å²) in [6, 6.07) is 12.1. The Labute approximate surface area is 243 Å². The monoisotopic (exact) mass is 629 g/mol. The predicted molar refractivity (Wildman–Crippen MR) is 151 cm³/mol. The van der Waals surface area contributed by atoms with Crippen LogP contribution in [0, 0.1) is 0 Å². The molecule has 4 N–H and O–H groups in total. The maximum absolute atomic E-state index is 14.6. The molecule has 12 nitrogen and oxygen atoms in total. The molecule has 6 atom stereocenters. The molecule has 0 saturated carbocycles. The SMILES string of the molecule is CC(C)OC(=O)[C@H](C)NP(=S)(OC[C@@]1(C(F)F)O[C@@H](n2ccc(=O)[nH]c2=O)[C@H](O)[C@H]1O)Oc1ccc2ccccc2c1. The zero-order valence-corrected chi connectivity index (χ0v) is 24.4. The van der Waals surface area contributed by atoms with Crippen LogP contribution in [-0.2, 0) is 30.6 Å². The molecular formula is C26H30F2N3O9PS. The fourth-order valence-electron chi connectivity index (χ4n) is 4.28. The molecule has 228 valence electrons. The van der Waals surface area contributed by atoms with Gasteiger partial charge in [0.2, 0.25) is 0 Å². The Morgan fingerprint density at radius 2 is 1.86 bits per heavy atom. The summed E-state index contributed by atoms with van der Waals surface area (Å²) in [6.45, 7) is -0.319. The summed E-state index contributed by atoms with van der Waals surface area (Å²) in [5, 5.41) is 25.8. The average molecular weight is 630 g/mol. The Morgan fingerprint density at radius 1 is 1.17 bits per heavy atom. The lowest BCUT2D eigenvalue weighted by Crippen LogP contribution is -2.53. The van der Waals surface area contributed by atoms with Gasteiger partial charge in [-0.2, -0.15) is 0 Å². The van der Waals surface area contributed by atoms with Gasteiger partial charge in [0.05, 0.1) is 12.7 Å². The number of H-pyrrole nitrogens is 1. The zero-order chi connectivity index (χ0) is 30.8. The number of aliphatic hydroxyl groups excluding tert-OH is 2. The van der Waals surface area contributed by atoms with E-state index in [1.54, 1.807) is 32.0 Å². The van der Waals surface area contributed by atoms with Crippen molar-refractivity contribution >= 4 is 35.2 Å². The number of aromatic amines is 1. The number of rotatable bonds is 11. The van der Waals surface area contributed by atoms with E-state index in [4.69, 9.17) is 30.3 Å². The van der Waals surface area contributed by atoms with Gasteiger partial charge in [-0.1, -0.05) is 30.3 Å². The molecule has 2 heterocycles. The lowest BCUT2D eigenvalue weighted by atomic mass is 9.96. The summed E-state index contributed by atoms with van der Waals surface area (Å²) in [6.07, 6.45) is -9.10. The second-order valence-corrected chi connectivity index (χ2v) is 13.1. The van der Waals surface area contributed by atoms with Crippen molar-refractivity contribution in [1.82, 2.24) is 14.6 Å². The summed E-state index contributed by atoms with van der Waals surface area (Å²) in [4.78, 5) is 38.2. The van der Waals surface area contributed by atoms with Crippen molar-refractivity contribution < 1.29 is 42.3 Å². The maximum atomic E-state index is 14.6. The number of aliphatic hydroxyl groups is 2. The number of benzene rings is 2. The molecule has 2 aromatic carbocycles. The van der Waals surface area contributed by atoms with E-state index in [1.807, 2.05) is 29.2 Å². The van der Waals surface area contributed by atoms with Crippen LogP contribution in [-0.4, -0.2) is 68.7 Å². The minimum Gasteiger partial charge on any atom is -0.462 e. The third-order valence-corrected chi connectivity index (χ3v) is 8.89. The first-order valence-electron chi connectivity index (χ1n) is 12.8. The largest absolute Gasteiger partial charge is 0.462 e. The number of esters is 1. The van der Waals surface area contributed by atoms with Crippen LogP contribution in [0.3, 0.4) is 0 Å². The number of carbonyl (C=O) groups excluding carboxylic acids is 1. The van der Waals surface area contributed by atoms with Gasteiger partial charge in [0.15, 0.2) is 11.8 Å². The number of ether oxygens (including phenoxy) is 2. The smallest absolute Gasteiger partial charge is 0.330 e. The molecule has 1 saturated heterocycles. The van der Waals surface area contributed by atoms with E-state index in [2.05, 4.69) is 5.09 Å². The van der Waals surface area contributed by atoms with Crippen LogP contribution in [0.4, 0.5) is 8.78 Å². The minimum absolute atomic E-state index is 0.200. The molecule has 1 aromatic heterocycles. The van der Waals surface area contributed by atoms with E-state index >= 15 is 0 Å². The van der Waals surface area contributed by atoms with Crippen LogP contribution in [0.1, 0.15) is 27.0 Å². The van der Waals surface area contributed by atoms with Crippen LogP contribution in [0.5, 0.6) is 5.75 Å². The van der Waals surface area contributed by atoms with Gasteiger partial charge in [-0.05, 0) is 55.5 Å². The number of hydrogen-bond donors (Lipinski definition) is 4. The normalized spacial score (nSPS) is 24.5. The second-order valence-electron chi connectivity index (χ2n) is 9.92. The summed E-state index contributed by atoms with van der Waals surface area (Å²) in [7, 11) is 0. The summed E-state index contributed by atoms with van der Waals surface area (Å²) >= 11 is 5.62. The zero-order valence-electron chi connectivity index (χ0n) is 22.7. The van der Waals surface area contributed by atoms with Crippen molar-refractivity contribution in [2.45, 2.75) is 63.4 Å².